The van der Waals surface area contributed by atoms with Crippen LogP contribution in [0.25, 0.3) is 0 Å². The summed E-state index contributed by atoms with van der Waals surface area (Å²) in [7, 11) is 3.89. The Balaban J connectivity index is 2.20. The molecule has 1 amide bonds. The fourth-order valence-corrected chi connectivity index (χ4v) is 2.26. The van der Waals surface area contributed by atoms with Crippen LogP contribution in [0.1, 0.15) is 15.9 Å². The maximum atomic E-state index is 13.1. The molecule has 2 rings (SSSR count). The number of amides is 1. The second-order valence-electron chi connectivity index (χ2n) is 4.98. The topological polar surface area (TPSA) is 32.3 Å². The maximum Gasteiger partial charge on any atom is 0.255 e. The van der Waals surface area contributed by atoms with Gasteiger partial charge in [0.25, 0.3) is 5.91 Å². The molecule has 3 nitrogen and oxygen atoms in total. The number of carbonyl (C=O) groups excluding carboxylic acids is 1. The van der Waals surface area contributed by atoms with Gasteiger partial charge in [-0.2, -0.15) is 0 Å². The van der Waals surface area contributed by atoms with Crippen LogP contribution in [0, 0.1) is 12.7 Å². The molecule has 0 atom stereocenters. The van der Waals surface area contributed by atoms with E-state index in [1.54, 1.807) is 6.07 Å². The zero-order valence-corrected chi connectivity index (χ0v) is 12.8. The van der Waals surface area contributed by atoms with Gasteiger partial charge in [-0.25, -0.2) is 4.39 Å². The van der Waals surface area contributed by atoms with Crippen molar-refractivity contribution in [2.45, 2.75) is 6.92 Å². The molecule has 1 N–H and O–H groups in total. The Morgan fingerprint density at radius 3 is 2.48 bits per heavy atom. The van der Waals surface area contributed by atoms with Crippen molar-refractivity contribution in [3.63, 3.8) is 0 Å². The van der Waals surface area contributed by atoms with E-state index in [0.717, 1.165) is 11.3 Å². The standard InChI is InChI=1S/C16H16ClFN2O/c1-10-8-11(4-7-15(10)20(2)3)16(21)19-12-5-6-14(18)13(17)9-12/h4-9H,1-3H3,(H,19,21). The number of carbonyl (C=O) groups is 1. The van der Waals surface area contributed by atoms with Crippen LogP contribution in [0.4, 0.5) is 15.8 Å². The van der Waals surface area contributed by atoms with Crippen molar-refractivity contribution in [1.82, 2.24) is 0 Å². The highest BCUT2D eigenvalue weighted by atomic mass is 35.5. The molecule has 0 heterocycles. The van der Waals surface area contributed by atoms with Gasteiger partial charge in [-0.3, -0.25) is 4.79 Å². The van der Waals surface area contributed by atoms with Crippen LogP contribution in [0.15, 0.2) is 36.4 Å². The summed E-state index contributed by atoms with van der Waals surface area (Å²) in [4.78, 5) is 14.2. The molecule has 0 fully saturated rings. The summed E-state index contributed by atoms with van der Waals surface area (Å²) in [6.07, 6.45) is 0. The summed E-state index contributed by atoms with van der Waals surface area (Å²) in [6.45, 7) is 1.95. The summed E-state index contributed by atoms with van der Waals surface area (Å²) in [5.74, 6) is -0.771. The third-order valence-electron chi connectivity index (χ3n) is 3.12. The molecule has 0 aromatic heterocycles. The monoisotopic (exact) mass is 306 g/mol. The quantitative estimate of drug-likeness (QED) is 0.925. The van der Waals surface area contributed by atoms with E-state index in [1.807, 2.05) is 38.1 Å². The largest absolute Gasteiger partial charge is 0.377 e. The number of halogens is 2. The molecule has 2 aromatic carbocycles. The van der Waals surface area contributed by atoms with Crippen molar-refractivity contribution in [2.75, 3.05) is 24.3 Å². The van der Waals surface area contributed by atoms with Crippen LogP contribution in [-0.4, -0.2) is 20.0 Å². The molecule has 2 aromatic rings. The zero-order chi connectivity index (χ0) is 15.6. The first-order valence-corrected chi connectivity index (χ1v) is 6.80. The third-order valence-corrected chi connectivity index (χ3v) is 3.41. The molecule has 5 heteroatoms. The molecule has 0 radical (unpaired) electrons. The number of nitrogens with zero attached hydrogens (tertiary/aromatic N) is 1. The minimum absolute atomic E-state index is 0.0214. The van der Waals surface area contributed by atoms with Crippen LogP contribution in [0.3, 0.4) is 0 Å². The predicted octanol–water partition coefficient (Wildman–Crippen LogP) is 4.11. The van der Waals surface area contributed by atoms with Crippen molar-refractivity contribution in [3.05, 3.63) is 58.4 Å². The molecule has 0 saturated carbocycles. The van der Waals surface area contributed by atoms with Crippen molar-refractivity contribution in [3.8, 4) is 0 Å². The average Bonchev–Trinajstić information content (AvgIpc) is 2.42. The number of hydrogen-bond donors (Lipinski definition) is 1. The fourth-order valence-electron chi connectivity index (χ4n) is 2.08. The van der Waals surface area contributed by atoms with Crippen molar-refractivity contribution >= 4 is 28.9 Å². The fraction of sp³-hybridized carbons (Fsp3) is 0.188. The van der Waals surface area contributed by atoms with E-state index >= 15 is 0 Å². The van der Waals surface area contributed by atoms with E-state index in [1.165, 1.54) is 18.2 Å². The van der Waals surface area contributed by atoms with E-state index in [2.05, 4.69) is 5.32 Å². The molecule has 0 aliphatic rings. The molecule has 0 spiro atoms. The minimum Gasteiger partial charge on any atom is -0.377 e. The number of anilines is 2. The second kappa shape index (κ2) is 6.14. The van der Waals surface area contributed by atoms with Crippen molar-refractivity contribution in [1.29, 1.82) is 0 Å². The van der Waals surface area contributed by atoms with Gasteiger partial charge in [-0.15, -0.1) is 0 Å². The number of nitrogens with one attached hydrogen (secondary N) is 1. The number of benzene rings is 2. The van der Waals surface area contributed by atoms with E-state index < -0.39 is 5.82 Å². The van der Waals surface area contributed by atoms with E-state index in [-0.39, 0.29) is 10.9 Å². The Hall–Kier alpha value is -2.07. The van der Waals surface area contributed by atoms with Crippen molar-refractivity contribution in [2.24, 2.45) is 0 Å². The lowest BCUT2D eigenvalue weighted by atomic mass is 10.1. The normalized spacial score (nSPS) is 10.3. The Morgan fingerprint density at radius 2 is 1.90 bits per heavy atom. The molecule has 0 unspecified atom stereocenters. The van der Waals surface area contributed by atoms with Crippen LogP contribution in [0.2, 0.25) is 5.02 Å². The number of aryl methyl sites for hydroxylation is 1. The minimum atomic E-state index is -0.513. The lowest BCUT2D eigenvalue weighted by molar-refractivity contribution is 0.102. The van der Waals surface area contributed by atoms with Gasteiger partial charge in [-0.05, 0) is 48.9 Å². The van der Waals surface area contributed by atoms with Gasteiger partial charge < -0.3 is 10.2 Å². The van der Waals surface area contributed by atoms with Crippen LogP contribution in [-0.2, 0) is 0 Å². The van der Waals surface area contributed by atoms with E-state index in [4.69, 9.17) is 11.6 Å². The molecule has 0 bridgehead atoms. The molecular weight excluding hydrogens is 291 g/mol. The average molecular weight is 307 g/mol. The first kappa shape index (κ1) is 15.3. The highest BCUT2D eigenvalue weighted by Crippen LogP contribution is 2.22. The summed E-state index contributed by atoms with van der Waals surface area (Å²) < 4.78 is 13.1. The summed E-state index contributed by atoms with van der Waals surface area (Å²) >= 11 is 5.69. The van der Waals surface area contributed by atoms with Crippen LogP contribution in [0.5, 0.6) is 0 Å². The maximum absolute atomic E-state index is 13.1. The highest BCUT2D eigenvalue weighted by molar-refractivity contribution is 6.31. The van der Waals surface area contributed by atoms with Crippen LogP contribution < -0.4 is 10.2 Å². The molecule has 0 aliphatic heterocycles. The number of rotatable bonds is 3. The van der Waals surface area contributed by atoms with Gasteiger partial charge in [-0.1, -0.05) is 11.6 Å². The van der Waals surface area contributed by atoms with Gasteiger partial charge in [0, 0.05) is 31.0 Å². The second-order valence-corrected chi connectivity index (χ2v) is 5.39. The number of hydrogen-bond acceptors (Lipinski definition) is 2. The summed E-state index contributed by atoms with van der Waals surface area (Å²) in [5.41, 5.74) is 3.06. The van der Waals surface area contributed by atoms with E-state index in [0.29, 0.717) is 11.3 Å². The van der Waals surface area contributed by atoms with Crippen molar-refractivity contribution < 1.29 is 9.18 Å². The predicted molar refractivity (Wildman–Crippen MR) is 84.9 cm³/mol. The lowest BCUT2D eigenvalue weighted by Gasteiger charge is -2.16. The third kappa shape index (κ3) is 3.52. The Bertz CT molecular complexity index is 686. The van der Waals surface area contributed by atoms with Gasteiger partial charge in [0.15, 0.2) is 0 Å². The van der Waals surface area contributed by atoms with Crippen LogP contribution >= 0.6 is 11.6 Å². The van der Waals surface area contributed by atoms with Gasteiger partial charge >= 0.3 is 0 Å². The Kier molecular flexibility index (Phi) is 4.48. The summed E-state index contributed by atoms with van der Waals surface area (Å²) in [5, 5.41) is 2.68. The van der Waals surface area contributed by atoms with Gasteiger partial charge in [0.1, 0.15) is 5.82 Å². The smallest absolute Gasteiger partial charge is 0.255 e. The zero-order valence-electron chi connectivity index (χ0n) is 12.1. The molecule has 21 heavy (non-hydrogen) atoms. The molecular formula is C16H16ClFN2O. The van der Waals surface area contributed by atoms with Gasteiger partial charge in [0.2, 0.25) is 0 Å². The van der Waals surface area contributed by atoms with E-state index in [9.17, 15) is 9.18 Å². The Morgan fingerprint density at radius 1 is 1.19 bits per heavy atom. The lowest BCUT2D eigenvalue weighted by Crippen LogP contribution is -2.14. The first-order valence-electron chi connectivity index (χ1n) is 6.43. The molecule has 0 saturated heterocycles. The van der Waals surface area contributed by atoms with Gasteiger partial charge in [0.05, 0.1) is 5.02 Å². The first-order chi connectivity index (χ1) is 9.88. The highest BCUT2D eigenvalue weighted by Gasteiger charge is 2.10. The Labute approximate surface area is 128 Å². The molecule has 110 valence electrons. The summed E-state index contributed by atoms with van der Waals surface area (Å²) in [6, 6.07) is 9.54. The SMILES string of the molecule is Cc1cc(C(=O)Nc2ccc(F)c(Cl)c2)ccc1N(C)C. The molecule has 0 aliphatic carbocycles.